The Kier molecular flexibility index (Phi) is 7.89. The lowest BCUT2D eigenvalue weighted by Crippen LogP contribution is -2.50. The minimum Gasteiger partial charge on any atom is -0.382 e. The number of aryl methyl sites for hydroxylation is 1. The summed E-state index contributed by atoms with van der Waals surface area (Å²) >= 11 is 0. The zero-order valence-corrected chi connectivity index (χ0v) is 23.0. The highest BCUT2D eigenvalue weighted by Crippen LogP contribution is 2.34. The molecule has 0 spiro atoms. The van der Waals surface area contributed by atoms with Crippen LogP contribution in [-0.2, 0) is 0 Å². The molecule has 5 rings (SSSR count). The Morgan fingerprint density at radius 1 is 1.02 bits per heavy atom. The van der Waals surface area contributed by atoms with E-state index in [1.54, 1.807) is 28.9 Å². The number of piperazine rings is 1. The molecule has 4 aromatic rings. The van der Waals surface area contributed by atoms with Crippen LogP contribution < -0.4 is 16.4 Å². The number of aromatic nitrogens is 4. The van der Waals surface area contributed by atoms with E-state index in [0.717, 1.165) is 37.4 Å². The normalized spacial score (nSPS) is 14.1. The molecule has 0 saturated carbocycles. The molecule has 3 amide bonds. The number of likely N-dealkylation sites (N-methyl/N-ethyl adjacent to an activating group) is 1. The lowest BCUT2D eigenvalue weighted by Gasteiger charge is -2.35. The first kappa shape index (κ1) is 27.0. The molecule has 1 aliphatic heterocycles. The Morgan fingerprint density at radius 2 is 1.77 bits per heavy atom. The maximum absolute atomic E-state index is 13.8. The SMILES string of the molecule is Cc1cccc(NC(=O)Nc2ccc(-c3c(C(=O)N4CCN(CCN(C)C)CC4)cn4ncnc(N)c34)cc2)n1. The van der Waals surface area contributed by atoms with Crippen molar-refractivity contribution in [3.8, 4) is 11.1 Å². The fraction of sp³-hybridized carbons (Fsp3) is 0.321. The van der Waals surface area contributed by atoms with Crippen molar-refractivity contribution in [2.75, 3.05) is 69.7 Å². The summed E-state index contributed by atoms with van der Waals surface area (Å²) in [5, 5.41) is 9.85. The van der Waals surface area contributed by atoms with Gasteiger partial charge in [0.2, 0.25) is 0 Å². The number of nitrogens with two attached hydrogens (primary N) is 1. The predicted molar refractivity (Wildman–Crippen MR) is 155 cm³/mol. The van der Waals surface area contributed by atoms with E-state index < -0.39 is 6.03 Å². The number of amides is 3. The first-order chi connectivity index (χ1) is 19.3. The van der Waals surface area contributed by atoms with E-state index in [0.29, 0.717) is 41.2 Å². The Balaban J connectivity index is 1.36. The van der Waals surface area contributed by atoms with Gasteiger partial charge in [0.1, 0.15) is 17.7 Å². The van der Waals surface area contributed by atoms with Gasteiger partial charge in [0, 0.05) is 62.4 Å². The summed E-state index contributed by atoms with van der Waals surface area (Å²) in [6.45, 7) is 6.75. The average Bonchev–Trinajstić information content (AvgIpc) is 3.33. The largest absolute Gasteiger partial charge is 0.382 e. The Hall–Kier alpha value is -4.55. The van der Waals surface area contributed by atoms with Crippen molar-refractivity contribution < 1.29 is 9.59 Å². The molecule has 208 valence electrons. The van der Waals surface area contributed by atoms with Crippen LogP contribution in [0.4, 0.5) is 22.1 Å². The predicted octanol–water partition coefficient (Wildman–Crippen LogP) is 2.65. The molecule has 1 aliphatic rings. The zero-order valence-electron chi connectivity index (χ0n) is 23.0. The number of hydrogen-bond donors (Lipinski definition) is 3. The van der Waals surface area contributed by atoms with Crippen molar-refractivity contribution in [2.24, 2.45) is 0 Å². The highest BCUT2D eigenvalue weighted by molar-refractivity contribution is 6.07. The minimum absolute atomic E-state index is 0.0700. The highest BCUT2D eigenvalue weighted by Gasteiger charge is 2.27. The summed E-state index contributed by atoms with van der Waals surface area (Å²) in [7, 11) is 4.13. The number of benzene rings is 1. The lowest BCUT2D eigenvalue weighted by molar-refractivity contribution is 0.0630. The Morgan fingerprint density at radius 3 is 2.48 bits per heavy atom. The third kappa shape index (κ3) is 6.03. The maximum atomic E-state index is 13.8. The number of hydrogen-bond acceptors (Lipinski definition) is 8. The smallest absolute Gasteiger partial charge is 0.324 e. The van der Waals surface area contributed by atoms with E-state index in [9.17, 15) is 9.59 Å². The number of carbonyl (C=O) groups excluding carboxylic acids is 2. The molecule has 4 heterocycles. The van der Waals surface area contributed by atoms with Crippen LogP contribution in [0.3, 0.4) is 0 Å². The molecule has 12 heteroatoms. The van der Waals surface area contributed by atoms with E-state index >= 15 is 0 Å². The molecule has 3 aromatic heterocycles. The van der Waals surface area contributed by atoms with Gasteiger partial charge in [-0.15, -0.1) is 0 Å². The molecule has 4 N–H and O–H groups in total. The monoisotopic (exact) mass is 542 g/mol. The Bertz CT molecular complexity index is 1510. The van der Waals surface area contributed by atoms with Gasteiger partial charge in [0.25, 0.3) is 5.91 Å². The first-order valence-corrected chi connectivity index (χ1v) is 13.2. The van der Waals surface area contributed by atoms with Crippen LogP contribution in [0.15, 0.2) is 55.0 Å². The maximum Gasteiger partial charge on any atom is 0.324 e. The third-order valence-electron chi connectivity index (χ3n) is 6.92. The van der Waals surface area contributed by atoms with Crippen LogP contribution in [0.25, 0.3) is 16.6 Å². The van der Waals surface area contributed by atoms with Crippen molar-refractivity contribution in [1.29, 1.82) is 0 Å². The van der Waals surface area contributed by atoms with Crippen molar-refractivity contribution in [1.82, 2.24) is 34.3 Å². The van der Waals surface area contributed by atoms with Crippen molar-refractivity contribution in [2.45, 2.75) is 6.92 Å². The number of urea groups is 1. The van der Waals surface area contributed by atoms with E-state index in [1.807, 2.05) is 36.1 Å². The number of carbonyl (C=O) groups is 2. The molecule has 1 fully saturated rings. The highest BCUT2D eigenvalue weighted by atomic mass is 16.2. The number of rotatable bonds is 7. The summed E-state index contributed by atoms with van der Waals surface area (Å²) < 4.78 is 1.60. The zero-order chi connectivity index (χ0) is 28.2. The minimum atomic E-state index is -0.404. The fourth-order valence-corrected chi connectivity index (χ4v) is 4.79. The summed E-state index contributed by atoms with van der Waals surface area (Å²) in [5.74, 6) is 0.677. The standard InChI is InChI=1S/C28H34N10O2/c1-19-5-4-6-23(32-19)34-28(40)33-21-9-7-20(8-10-21)24-22(17-38-25(24)26(29)30-18-31-38)27(39)37-15-13-36(14-16-37)12-11-35(2)3/h4-10,17-18H,11-16H2,1-3H3,(H2,29,30,31)(H2,32,33,34,40). The van der Waals surface area contributed by atoms with Crippen LogP contribution in [0, 0.1) is 6.92 Å². The first-order valence-electron chi connectivity index (χ1n) is 13.2. The van der Waals surface area contributed by atoms with Crippen molar-refractivity contribution in [3.63, 3.8) is 0 Å². The van der Waals surface area contributed by atoms with Gasteiger partial charge in [-0.25, -0.2) is 19.3 Å². The molecule has 40 heavy (non-hydrogen) atoms. The molecule has 0 bridgehead atoms. The average molecular weight is 543 g/mol. The molecule has 1 aromatic carbocycles. The number of nitrogen functional groups attached to an aromatic ring is 1. The topological polar surface area (TPSA) is 137 Å². The Labute approximate surface area is 232 Å². The second-order valence-electron chi connectivity index (χ2n) is 10.1. The molecule has 1 saturated heterocycles. The van der Waals surface area contributed by atoms with Crippen LogP contribution >= 0.6 is 0 Å². The molecule has 0 radical (unpaired) electrons. The van der Waals surface area contributed by atoms with Crippen LogP contribution in [0.2, 0.25) is 0 Å². The van der Waals surface area contributed by atoms with E-state index in [-0.39, 0.29) is 11.7 Å². The molecular weight excluding hydrogens is 508 g/mol. The van der Waals surface area contributed by atoms with Crippen LogP contribution in [0.5, 0.6) is 0 Å². The summed E-state index contributed by atoms with van der Waals surface area (Å²) in [6, 6.07) is 12.3. The number of anilines is 3. The van der Waals surface area contributed by atoms with E-state index in [2.05, 4.69) is 49.6 Å². The van der Waals surface area contributed by atoms with Gasteiger partial charge in [0.15, 0.2) is 5.82 Å². The second kappa shape index (κ2) is 11.7. The van der Waals surface area contributed by atoms with E-state index in [1.165, 1.54) is 6.33 Å². The van der Waals surface area contributed by atoms with E-state index in [4.69, 9.17) is 5.73 Å². The van der Waals surface area contributed by atoms with Crippen LogP contribution in [-0.4, -0.2) is 99.6 Å². The summed E-state index contributed by atoms with van der Waals surface area (Å²) in [5.41, 5.74) is 10.2. The molecule has 0 atom stereocenters. The van der Waals surface area contributed by atoms with Gasteiger partial charge < -0.3 is 20.9 Å². The molecule has 0 unspecified atom stereocenters. The molecule has 0 aliphatic carbocycles. The number of fused-ring (bicyclic) bond motifs is 1. The third-order valence-corrected chi connectivity index (χ3v) is 6.92. The van der Waals surface area contributed by atoms with Gasteiger partial charge in [-0.1, -0.05) is 18.2 Å². The van der Waals surface area contributed by atoms with Crippen molar-refractivity contribution in [3.05, 3.63) is 66.2 Å². The summed E-state index contributed by atoms with van der Waals surface area (Å²) in [6.07, 6.45) is 3.09. The molecule has 12 nitrogen and oxygen atoms in total. The number of nitrogens with one attached hydrogen (secondary N) is 2. The van der Waals surface area contributed by atoms with Crippen molar-refractivity contribution >= 4 is 34.8 Å². The number of pyridine rings is 1. The number of nitrogens with zero attached hydrogens (tertiary/aromatic N) is 7. The van der Waals surface area contributed by atoms with Gasteiger partial charge in [-0.2, -0.15) is 5.10 Å². The quantitative estimate of drug-likeness (QED) is 0.324. The van der Waals surface area contributed by atoms with Crippen LogP contribution in [0.1, 0.15) is 16.1 Å². The van der Waals surface area contributed by atoms with Gasteiger partial charge in [-0.3, -0.25) is 15.0 Å². The molecular formula is C28H34N10O2. The lowest BCUT2D eigenvalue weighted by atomic mass is 10.0. The second-order valence-corrected chi connectivity index (χ2v) is 10.1. The van der Waals surface area contributed by atoms with Gasteiger partial charge in [-0.05, 0) is 50.8 Å². The van der Waals surface area contributed by atoms with Gasteiger partial charge >= 0.3 is 6.03 Å². The van der Waals surface area contributed by atoms with Gasteiger partial charge in [0.05, 0.1) is 5.56 Å². The summed E-state index contributed by atoms with van der Waals surface area (Å²) in [4.78, 5) is 41.1. The fourth-order valence-electron chi connectivity index (χ4n) is 4.79.